The summed E-state index contributed by atoms with van der Waals surface area (Å²) in [5, 5.41) is 10.1. The lowest BCUT2D eigenvalue weighted by molar-refractivity contribution is 0.0610. The summed E-state index contributed by atoms with van der Waals surface area (Å²) < 4.78 is 33.7. The summed E-state index contributed by atoms with van der Waals surface area (Å²) in [4.78, 5) is 0.200. The summed E-state index contributed by atoms with van der Waals surface area (Å²) in [6, 6.07) is 15.8. The summed E-state index contributed by atoms with van der Waals surface area (Å²) in [7, 11) is -3.79. The maximum atomic E-state index is 13.3. The Balaban J connectivity index is 2.25. The van der Waals surface area contributed by atoms with Crippen molar-refractivity contribution in [1.82, 2.24) is 4.31 Å². The SMILES string of the molecule is C=CCN([C@H](COCc1ccccc1)C[C@H](O)C=C)S(=O)(=O)c1ccc(C)cc1. The molecule has 0 fully saturated rings. The van der Waals surface area contributed by atoms with Crippen molar-refractivity contribution in [2.24, 2.45) is 0 Å². The Morgan fingerprint density at radius 3 is 2.34 bits per heavy atom. The Hall–Kier alpha value is -2.25. The largest absolute Gasteiger partial charge is 0.389 e. The molecule has 0 saturated carbocycles. The number of rotatable bonds is 12. The van der Waals surface area contributed by atoms with Gasteiger partial charge in [0, 0.05) is 6.54 Å². The van der Waals surface area contributed by atoms with Gasteiger partial charge >= 0.3 is 0 Å². The summed E-state index contributed by atoms with van der Waals surface area (Å²) in [5.74, 6) is 0. The third kappa shape index (κ3) is 6.65. The number of aliphatic hydroxyl groups excluding tert-OH is 1. The molecular weight excluding hydrogens is 386 g/mol. The molecule has 2 aromatic rings. The number of nitrogens with zero attached hydrogens (tertiary/aromatic N) is 1. The molecule has 0 amide bonds. The Bertz CT molecular complexity index is 879. The van der Waals surface area contributed by atoms with Gasteiger partial charge in [-0.1, -0.05) is 60.2 Å². The van der Waals surface area contributed by atoms with Crippen molar-refractivity contribution in [3.05, 3.63) is 91.0 Å². The fourth-order valence-electron chi connectivity index (χ4n) is 2.95. The number of hydrogen-bond donors (Lipinski definition) is 1. The third-order valence-corrected chi connectivity index (χ3v) is 6.48. The molecule has 6 heteroatoms. The first-order valence-electron chi connectivity index (χ1n) is 9.50. The van der Waals surface area contributed by atoms with Crippen LogP contribution in [0.3, 0.4) is 0 Å². The van der Waals surface area contributed by atoms with Crippen LogP contribution < -0.4 is 0 Å². The second-order valence-corrected chi connectivity index (χ2v) is 8.76. The molecule has 0 spiro atoms. The van der Waals surface area contributed by atoms with Gasteiger partial charge in [0.1, 0.15) is 0 Å². The molecule has 5 nitrogen and oxygen atoms in total. The van der Waals surface area contributed by atoms with Crippen LogP contribution in [0, 0.1) is 6.92 Å². The molecule has 0 bridgehead atoms. The van der Waals surface area contributed by atoms with Gasteiger partial charge in [-0.3, -0.25) is 0 Å². The summed E-state index contributed by atoms with van der Waals surface area (Å²) in [6.07, 6.45) is 2.27. The van der Waals surface area contributed by atoms with Gasteiger partial charge in [-0.05, 0) is 31.0 Å². The lowest BCUT2D eigenvalue weighted by atomic mass is 10.1. The maximum Gasteiger partial charge on any atom is 0.243 e. The first-order chi connectivity index (χ1) is 13.9. The van der Waals surface area contributed by atoms with Gasteiger partial charge in [0.2, 0.25) is 10.0 Å². The minimum atomic E-state index is -3.79. The van der Waals surface area contributed by atoms with Crippen molar-refractivity contribution in [1.29, 1.82) is 0 Å². The third-order valence-electron chi connectivity index (χ3n) is 4.55. The van der Waals surface area contributed by atoms with Crippen LogP contribution in [0.2, 0.25) is 0 Å². The predicted molar refractivity (Wildman–Crippen MR) is 116 cm³/mol. The molecule has 1 N–H and O–H groups in total. The first-order valence-corrected chi connectivity index (χ1v) is 10.9. The molecular formula is C23H29NO4S. The van der Waals surface area contributed by atoms with Crippen LogP contribution in [0.25, 0.3) is 0 Å². The van der Waals surface area contributed by atoms with Crippen molar-refractivity contribution < 1.29 is 18.3 Å². The summed E-state index contributed by atoms with van der Waals surface area (Å²) >= 11 is 0. The second kappa shape index (κ2) is 11.1. The Labute approximate surface area is 174 Å². The second-order valence-electron chi connectivity index (χ2n) is 6.87. The van der Waals surface area contributed by atoms with Crippen LogP contribution in [0.1, 0.15) is 17.5 Å². The Morgan fingerprint density at radius 1 is 1.10 bits per heavy atom. The van der Waals surface area contributed by atoms with E-state index in [0.29, 0.717) is 6.61 Å². The number of aryl methyl sites for hydroxylation is 1. The fraction of sp³-hybridized carbons (Fsp3) is 0.304. The molecule has 2 atom stereocenters. The van der Waals surface area contributed by atoms with Crippen molar-refractivity contribution in [3.63, 3.8) is 0 Å². The van der Waals surface area contributed by atoms with Gasteiger partial charge in [-0.25, -0.2) is 8.42 Å². The molecule has 2 aromatic carbocycles. The Kier molecular flexibility index (Phi) is 8.79. The van der Waals surface area contributed by atoms with E-state index in [0.717, 1.165) is 11.1 Å². The van der Waals surface area contributed by atoms with Crippen LogP contribution in [-0.4, -0.2) is 43.1 Å². The molecule has 0 aromatic heterocycles. The zero-order valence-corrected chi connectivity index (χ0v) is 17.6. The zero-order chi connectivity index (χ0) is 21.3. The number of sulfonamides is 1. The topological polar surface area (TPSA) is 66.8 Å². The van der Waals surface area contributed by atoms with Gasteiger partial charge < -0.3 is 9.84 Å². The number of ether oxygens (including phenoxy) is 1. The van der Waals surface area contributed by atoms with E-state index in [-0.39, 0.29) is 24.5 Å². The van der Waals surface area contributed by atoms with E-state index < -0.39 is 22.2 Å². The van der Waals surface area contributed by atoms with E-state index in [4.69, 9.17) is 4.74 Å². The molecule has 0 radical (unpaired) electrons. The predicted octanol–water partition coefficient (Wildman–Crippen LogP) is 3.69. The molecule has 0 heterocycles. The van der Waals surface area contributed by atoms with Crippen LogP contribution in [0.5, 0.6) is 0 Å². The normalized spacial score (nSPS) is 13.8. The highest BCUT2D eigenvalue weighted by Crippen LogP contribution is 2.22. The van der Waals surface area contributed by atoms with E-state index in [1.54, 1.807) is 24.3 Å². The highest BCUT2D eigenvalue weighted by atomic mass is 32.2. The number of aliphatic hydroxyl groups is 1. The van der Waals surface area contributed by atoms with E-state index in [9.17, 15) is 13.5 Å². The van der Waals surface area contributed by atoms with Crippen LogP contribution in [0.4, 0.5) is 0 Å². The van der Waals surface area contributed by atoms with E-state index in [1.807, 2.05) is 37.3 Å². The monoisotopic (exact) mass is 415 g/mol. The minimum absolute atomic E-state index is 0.111. The maximum absolute atomic E-state index is 13.3. The fourth-order valence-corrected chi connectivity index (χ4v) is 4.54. The molecule has 2 rings (SSSR count). The van der Waals surface area contributed by atoms with Crippen molar-refractivity contribution in [2.45, 2.75) is 37.0 Å². The quantitative estimate of drug-likeness (QED) is 0.537. The lowest BCUT2D eigenvalue weighted by Gasteiger charge is -2.31. The highest BCUT2D eigenvalue weighted by Gasteiger charge is 2.31. The zero-order valence-electron chi connectivity index (χ0n) is 16.8. The van der Waals surface area contributed by atoms with Crippen LogP contribution in [0.15, 0.2) is 84.8 Å². The van der Waals surface area contributed by atoms with Gasteiger partial charge in [-0.15, -0.1) is 13.2 Å². The van der Waals surface area contributed by atoms with Gasteiger partial charge in [0.05, 0.1) is 30.3 Å². The minimum Gasteiger partial charge on any atom is -0.389 e. The van der Waals surface area contributed by atoms with E-state index in [1.165, 1.54) is 16.5 Å². The summed E-state index contributed by atoms with van der Waals surface area (Å²) in [6.45, 7) is 9.80. The average molecular weight is 416 g/mol. The molecule has 29 heavy (non-hydrogen) atoms. The lowest BCUT2D eigenvalue weighted by Crippen LogP contribution is -2.44. The summed E-state index contributed by atoms with van der Waals surface area (Å²) in [5.41, 5.74) is 1.97. The van der Waals surface area contributed by atoms with Crippen LogP contribution in [-0.2, 0) is 21.4 Å². The molecule has 156 valence electrons. The first kappa shape index (κ1) is 23.0. The molecule has 0 aliphatic heterocycles. The number of hydrogen-bond acceptors (Lipinski definition) is 4. The van der Waals surface area contributed by atoms with Gasteiger partial charge in [0.25, 0.3) is 0 Å². The van der Waals surface area contributed by atoms with Crippen molar-refractivity contribution in [3.8, 4) is 0 Å². The number of benzene rings is 2. The molecule has 0 aliphatic rings. The van der Waals surface area contributed by atoms with Crippen molar-refractivity contribution in [2.75, 3.05) is 13.2 Å². The van der Waals surface area contributed by atoms with E-state index >= 15 is 0 Å². The highest BCUT2D eigenvalue weighted by molar-refractivity contribution is 7.89. The molecule has 0 aliphatic carbocycles. The van der Waals surface area contributed by atoms with Crippen molar-refractivity contribution >= 4 is 10.0 Å². The Morgan fingerprint density at radius 2 is 1.76 bits per heavy atom. The molecule has 0 unspecified atom stereocenters. The average Bonchev–Trinajstić information content (AvgIpc) is 2.72. The molecule has 0 saturated heterocycles. The van der Waals surface area contributed by atoms with Gasteiger partial charge in [0.15, 0.2) is 0 Å². The smallest absolute Gasteiger partial charge is 0.243 e. The van der Waals surface area contributed by atoms with Gasteiger partial charge in [-0.2, -0.15) is 4.31 Å². The standard InChI is InChI=1S/C23H29NO4S/c1-4-15-24(29(26,27)23-13-11-19(3)12-14-23)21(16-22(25)5-2)18-28-17-20-9-7-6-8-10-20/h4-14,21-22,25H,1-2,15-18H2,3H3/t21-,22+/m0/s1. The van der Waals surface area contributed by atoms with Crippen LogP contribution >= 0.6 is 0 Å². The van der Waals surface area contributed by atoms with E-state index in [2.05, 4.69) is 13.2 Å².